The summed E-state index contributed by atoms with van der Waals surface area (Å²) in [6.07, 6.45) is 3.86. The van der Waals surface area contributed by atoms with Crippen LogP contribution in [0.5, 0.6) is 0 Å². The lowest BCUT2D eigenvalue weighted by Crippen LogP contribution is -2.07. The molecular formula is C17H19N3. The number of nitrogens with one attached hydrogen (secondary N) is 1. The van der Waals surface area contributed by atoms with Crippen LogP contribution in [0.15, 0.2) is 54.9 Å². The number of hydrogen-bond donors (Lipinski definition) is 1. The van der Waals surface area contributed by atoms with Crippen LogP contribution in [0.1, 0.15) is 13.8 Å². The number of imidazole rings is 1. The summed E-state index contributed by atoms with van der Waals surface area (Å²) >= 11 is 0. The van der Waals surface area contributed by atoms with Gasteiger partial charge in [-0.2, -0.15) is 0 Å². The minimum atomic E-state index is 0.595. The van der Waals surface area contributed by atoms with Crippen LogP contribution < -0.4 is 5.32 Å². The summed E-state index contributed by atoms with van der Waals surface area (Å²) in [5, 5.41) is 5.91. The molecule has 1 N–H and O–H groups in total. The maximum Gasteiger partial charge on any atom is 0.207 e. The third kappa shape index (κ3) is 2.52. The second-order valence-electron chi connectivity index (χ2n) is 5.45. The van der Waals surface area contributed by atoms with Crippen LogP contribution in [0, 0.1) is 5.92 Å². The third-order valence-electron chi connectivity index (χ3n) is 3.31. The van der Waals surface area contributed by atoms with E-state index in [1.54, 1.807) is 0 Å². The van der Waals surface area contributed by atoms with E-state index in [4.69, 9.17) is 0 Å². The molecule has 0 atom stereocenters. The standard InChI is InChI=1S/C17H19N3/c1-13(2)12-20-11-10-18-17(20)19-16-9-5-7-14-6-3-4-8-15(14)16/h3-11,13H,12H2,1-2H3,(H,18,19). The third-order valence-corrected chi connectivity index (χ3v) is 3.31. The Morgan fingerprint density at radius 3 is 2.75 bits per heavy atom. The average molecular weight is 265 g/mol. The van der Waals surface area contributed by atoms with E-state index in [9.17, 15) is 0 Å². The fraction of sp³-hybridized carbons (Fsp3) is 0.235. The summed E-state index contributed by atoms with van der Waals surface area (Å²) in [6.45, 7) is 5.39. The first kappa shape index (κ1) is 12.7. The molecule has 3 nitrogen and oxygen atoms in total. The molecule has 0 bridgehead atoms. The van der Waals surface area contributed by atoms with Gasteiger partial charge in [0, 0.05) is 30.0 Å². The normalized spacial score (nSPS) is 11.2. The largest absolute Gasteiger partial charge is 0.325 e. The summed E-state index contributed by atoms with van der Waals surface area (Å²) in [7, 11) is 0. The van der Waals surface area contributed by atoms with Crippen LogP contribution in [-0.4, -0.2) is 9.55 Å². The molecule has 0 saturated heterocycles. The smallest absolute Gasteiger partial charge is 0.207 e. The molecule has 3 rings (SSSR count). The van der Waals surface area contributed by atoms with Crippen LogP contribution in [0.4, 0.5) is 11.6 Å². The minimum absolute atomic E-state index is 0.595. The highest BCUT2D eigenvalue weighted by atomic mass is 15.2. The summed E-state index contributed by atoms with van der Waals surface area (Å²) in [4.78, 5) is 4.42. The summed E-state index contributed by atoms with van der Waals surface area (Å²) in [6, 6.07) is 14.7. The van der Waals surface area contributed by atoms with Crippen molar-refractivity contribution in [1.82, 2.24) is 9.55 Å². The van der Waals surface area contributed by atoms with Gasteiger partial charge in [-0.3, -0.25) is 0 Å². The number of nitrogens with zero attached hydrogens (tertiary/aromatic N) is 2. The van der Waals surface area contributed by atoms with Crippen molar-refractivity contribution < 1.29 is 0 Å². The van der Waals surface area contributed by atoms with Crippen molar-refractivity contribution in [1.29, 1.82) is 0 Å². The molecule has 102 valence electrons. The van der Waals surface area contributed by atoms with Gasteiger partial charge >= 0.3 is 0 Å². The molecular weight excluding hydrogens is 246 g/mol. The molecule has 0 spiro atoms. The van der Waals surface area contributed by atoms with Crippen molar-refractivity contribution >= 4 is 22.4 Å². The van der Waals surface area contributed by atoms with Gasteiger partial charge in [0.05, 0.1) is 0 Å². The maximum atomic E-state index is 4.42. The molecule has 2 aromatic carbocycles. The first-order valence-corrected chi connectivity index (χ1v) is 7.00. The Balaban J connectivity index is 1.96. The molecule has 0 radical (unpaired) electrons. The molecule has 0 fully saturated rings. The van der Waals surface area contributed by atoms with Gasteiger partial charge in [-0.25, -0.2) is 4.98 Å². The van der Waals surface area contributed by atoms with Gasteiger partial charge < -0.3 is 9.88 Å². The molecule has 1 heterocycles. The van der Waals surface area contributed by atoms with Gasteiger partial charge in [0.25, 0.3) is 0 Å². The van der Waals surface area contributed by atoms with Gasteiger partial charge in [-0.05, 0) is 17.4 Å². The van der Waals surface area contributed by atoms with Gasteiger partial charge in [0.2, 0.25) is 5.95 Å². The zero-order valence-electron chi connectivity index (χ0n) is 11.9. The van der Waals surface area contributed by atoms with Crippen molar-refractivity contribution in [2.75, 3.05) is 5.32 Å². The van der Waals surface area contributed by atoms with Crippen LogP contribution in [0.3, 0.4) is 0 Å². The number of rotatable bonds is 4. The van der Waals surface area contributed by atoms with Crippen molar-refractivity contribution in [2.24, 2.45) is 5.92 Å². The van der Waals surface area contributed by atoms with E-state index in [1.807, 2.05) is 12.4 Å². The molecule has 3 heteroatoms. The Morgan fingerprint density at radius 1 is 1.10 bits per heavy atom. The first-order valence-electron chi connectivity index (χ1n) is 7.00. The summed E-state index contributed by atoms with van der Waals surface area (Å²) in [5.74, 6) is 1.49. The fourth-order valence-electron chi connectivity index (χ4n) is 2.43. The highest BCUT2D eigenvalue weighted by Gasteiger charge is 2.06. The Bertz CT molecular complexity index is 708. The van der Waals surface area contributed by atoms with Crippen molar-refractivity contribution in [3.8, 4) is 0 Å². The van der Waals surface area contributed by atoms with Crippen molar-refractivity contribution in [3.05, 3.63) is 54.9 Å². The van der Waals surface area contributed by atoms with Gasteiger partial charge in [-0.15, -0.1) is 0 Å². The topological polar surface area (TPSA) is 29.9 Å². The van der Waals surface area contributed by atoms with Crippen molar-refractivity contribution in [2.45, 2.75) is 20.4 Å². The number of hydrogen-bond acceptors (Lipinski definition) is 2. The fourth-order valence-corrected chi connectivity index (χ4v) is 2.43. The zero-order valence-corrected chi connectivity index (χ0v) is 11.9. The molecule has 0 aliphatic carbocycles. The van der Waals surface area contributed by atoms with Crippen LogP contribution in [-0.2, 0) is 6.54 Å². The molecule has 0 amide bonds. The predicted octanol–water partition coefficient (Wildman–Crippen LogP) is 4.44. The summed E-state index contributed by atoms with van der Waals surface area (Å²) in [5.41, 5.74) is 1.10. The first-order chi connectivity index (χ1) is 9.74. The molecule has 1 aromatic heterocycles. The molecule has 20 heavy (non-hydrogen) atoms. The molecule has 0 saturated carbocycles. The van der Waals surface area contributed by atoms with E-state index >= 15 is 0 Å². The number of aromatic nitrogens is 2. The van der Waals surface area contributed by atoms with E-state index in [0.717, 1.165) is 18.2 Å². The lowest BCUT2D eigenvalue weighted by atomic mass is 10.1. The maximum absolute atomic E-state index is 4.42. The van der Waals surface area contributed by atoms with Crippen LogP contribution >= 0.6 is 0 Å². The lowest BCUT2D eigenvalue weighted by molar-refractivity contribution is 0.527. The van der Waals surface area contributed by atoms with Gasteiger partial charge in [0.15, 0.2) is 0 Å². The van der Waals surface area contributed by atoms with E-state index in [-0.39, 0.29) is 0 Å². The number of fused-ring (bicyclic) bond motifs is 1. The second-order valence-corrected chi connectivity index (χ2v) is 5.45. The van der Waals surface area contributed by atoms with Gasteiger partial charge in [-0.1, -0.05) is 50.2 Å². The van der Waals surface area contributed by atoms with Crippen LogP contribution in [0.25, 0.3) is 10.8 Å². The molecule has 0 aliphatic heterocycles. The molecule has 3 aromatic rings. The van der Waals surface area contributed by atoms with E-state index < -0.39 is 0 Å². The SMILES string of the molecule is CC(C)Cn1ccnc1Nc1cccc2ccccc12. The highest BCUT2D eigenvalue weighted by molar-refractivity contribution is 5.94. The monoisotopic (exact) mass is 265 g/mol. The van der Waals surface area contributed by atoms with Crippen LogP contribution in [0.2, 0.25) is 0 Å². The van der Waals surface area contributed by atoms with Crippen molar-refractivity contribution in [3.63, 3.8) is 0 Å². The van der Waals surface area contributed by atoms with E-state index in [0.29, 0.717) is 5.92 Å². The Morgan fingerprint density at radius 2 is 1.90 bits per heavy atom. The average Bonchev–Trinajstić information content (AvgIpc) is 2.86. The number of benzene rings is 2. The Kier molecular flexibility index (Phi) is 3.42. The zero-order chi connectivity index (χ0) is 13.9. The number of anilines is 2. The Hall–Kier alpha value is -2.29. The van der Waals surface area contributed by atoms with E-state index in [1.165, 1.54) is 10.8 Å². The Labute approximate surface area is 119 Å². The van der Waals surface area contributed by atoms with Gasteiger partial charge in [0.1, 0.15) is 0 Å². The summed E-state index contributed by atoms with van der Waals surface area (Å²) < 4.78 is 2.16. The lowest BCUT2D eigenvalue weighted by Gasteiger charge is -2.13. The molecule has 0 aliphatic rings. The molecule has 0 unspecified atom stereocenters. The highest BCUT2D eigenvalue weighted by Crippen LogP contribution is 2.25. The minimum Gasteiger partial charge on any atom is -0.325 e. The second kappa shape index (κ2) is 5.37. The van der Waals surface area contributed by atoms with E-state index in [2.05, 4.69) is 71.2 Å². The predicted molar refractivity (Wildman–Crippen MR) is 84.3 cm³/mol. The quantitative estimate of drug-likeness (QED) is 0.756.